The minimum absolute atomic E-state index is 0.154. The third-order valence-electron chi connectivity index (χ3n) is 4.98. The Hall–Kier alpha value is -2.75. The second-order valence-corrected chi connectivity index (χ2v) is 8.12. The molecule has 1 unspecified atom stereocenters. The largest absolute Gasteiger partial charge is 0.480 e. The van der Waals surface area contributed by atoms with Gasteiger partial charge in [0.25, 0.3) is 5.91 Å². The molecule has 9 heteroatoms. The summed E-state index contributed by atoms with van der Waals surface area (Å²) < 4.78 is 11.6. The van der Waals surface area contributed by atoms with Gasteiger partial charge in [-0.1, -0.05) is 50.2 Å². The van der Waals surface area contributed by atoms with Gasteiger partial charge in [-0.15, -0.1) is 0 Å². The van der Waals surface area contributed by atoms with Gasteiger partial charge in [0.1, 0.15) is 5.69 Å². The third-order valence-corrected chi connectivity index (χ3v) is 4.98. The maximum absolute atomic E-state index is 12.6. The average Bonchev–Trinajstić information content (AvgIpc) is 2.77. The number of aromatic nitrogens is 1. The maximum Gasteiger partial charge on any atom is 0.480 e. The second kappa shape index (κ2) is 12.3. The van der Waals surface area contributed by atoms with Crippen LogP contribution in [0, 0.1) is 5.92 Å². The molecule has 1 fully saturated rings. The third kappa shape index (κ3) is 7.44. The fourth-order valence-electron chi connectivity index (χ4n) is 3.49. The quantitative estimate of drug-likeness (QED) is 0.542. The molecule has 0 aliphatic carbocycles. The number of carbonyl (C=O) groups is 2. The molecule has 32 heavy (non-hydrogen) atoms. The molecular formula is C23H31BN4O4. The smallest absolute Gasteiger partial charge is 0.408 e. The van der Waals surface area contributed by atoms with Gasteiger partial charge in [-0.3, -0.25) is 9.59 Å². The molecule has 2 aromatic rings. The van der Waals surface area contributed by atoms with Crippen LogP contribution in [0.2, 0.25) is 0 Å². The number of hydrogen-bond acceptors (Lipinski definition) is 6. The summed E-state index contributed by atoms with van der Waals surface area (Å²) in [4.78, 5) is 29.6. The monoisotopic (exact) mass is 438 g/mol. The molecular weight excluding hydrogens is 407 g/mol. The van der Waals surface area contributed by atoms with Crippen LogP contribution in [0.1, 0.15) is 30.8 Å². The van der Waals surface area contributed by atoms with E-state index in [1.807, 2.05) is 36.4 Å². The number of hydrogen-bond donors (Lipinski definition) is 3. The first-order chi connectivity index (χ1) is 15.5. The summed E-state index contributed by atoms with van der Waals surface area (Å²) in [5.41, 5.74) is 1.88. The normalized spacial score (nSPS) is 15.5. The number of nitrogens with zero attached hydrogens (tertiary/aromatic N) is 1. The van der Waals surface area contributed by atoms with E-state index in [4.69, 9.17) is 9.31 Å². The van der Waals surface area contributed by atoms with Gasteiger partial charge in [0.15, 0.2) is 0 Å². The van der Waals surface area contributed by atoms with Crippen LogP contribution in [-0.2, 0) is 14.1 Å². The van der Waals surface area contributed by atoms with Crippen LogP contribution in [0.15, 0.2) is 48.5 Å². The molecule has 170 valence electrons. The molecule has 2 heterocycles. The lowest BCUT2D eigenvalue weighted by Crippen LogP contribution is -2.53. The van der Waals surface area contributed by atoms with Gasteiger partial charge in [-0.25, -0.2) is 4.98 Å². The van der Waals surface area contributed by atoms with E-state index in [-0.39, 0.29) is 24.1 Å². The molecule has 1 aliphatic rings. The molecule has 3 N–H and O–H groups in total. The van der Waals surface area contributed by atoms with Crippen molar-refractivity contribution in [2.45, 2.75) is 26.2 Å². The van der Waals surface area contributed by atoms with Gasteiger partial charge in [0, 0.05) is 31.9 Å². The van der Waals surface area contributed by atoms with Crippen LogP contribution in [0.4, 0.5) is 0 Å². The fraction of sp³-hybridized carbons (Fsp3) is 0.435. The Labute approximate surface area is 189 Å². The molecule has 2 amide bonds. The van der Waals surface area contributed by atoms with Gasteiger partial charge in [-0.05, 0) is 24.5 Å². The van der Waals surface area contributed by atoms with E-state index in [1.165, 1.54) is 0 Å². The van der Waals surface area contributed by atoms with Crippen molar-refractivity contribution in [3.8, 4) is 11.3 Å². The molecule has 8 nitrogen and oxygen atoms in total. The number of benzene rings is 1. The van der Waals surface area contributed by atoms with Crippen LogP contribution in [-0.4, -0.2) is 62.7 Å². The summed E-state index contributed by atoms with van der Waals surface area (Å²) in [7, 11) is -0.511. The fourth-order valence-corrected chi connectivity index (χ4v) is 3.49. The molecule has 1 aromatic heterocycles. The Balaban J connectivity index is 1.57. The highest BCUT2D eigenvalue weighted by Crippen LogP contribution is 2.16. The molecule has 1 atom stereocenters. The van der Waals surface area contributed by atoms with E-state index in [2.05, 4.69) is 34.8 Å². The molecule has 0 saturated carbocycles. The van der Waals surface area contributed by atoms with Gasteiger partial charge in [-0.2, -0.15) is 0 Å². The lowest BCUT2D eigenvalue weighted by atomic mass is 9.73. The number of rotatable bonds is 8. The summed E-state index contributed by atoms with van der Waals surface area (Å²) in [6.07, 6.45) is 0.707. The predicted octanol–water partition coefficient (Wildman–Crippen LogP) is 1.67. The second-order valence-electron chi connectivity index (χ2n) is 8.12. The van der Waals surface area contributed by atoms with Crippen LogP contribution < -0.4 is 16.0 Å². The van der Waals surface area contributed by atoms with E-state index in [0.717, 1.165) is 18.7 Å². The van der Waals surface area contributed by atoms with Gasteiger partial charge in [0.05, 0.1) is 18.2 Å². The van der Waals surface area contributed by atoms with Crippen molar-refractivity contribution < 1.29 is 18.9 Å². The minimum atomic E-state index is -0.511. The number of nitrogens with one attached hydrogen (secondary N) is 3. The zero-order chi connectivity index (χ0) is 22.8. The van der Waals surface area contributed by atoms with E-state index in [1.54, 1.807) is 12.1 Å². The number of pyridine rings is 1. The summed E-state index contributed by atoms with van der Waals surface area (Å²) in [5, 5.41) is 8.82. The first kappa shape index (κ1) is 23.9. The highest BCUT2D eigenvalue weighted by Gasteiger charge is 2.33. The molecule has 1 aliphatic heterocycles. The Kier molecular flexibility index (Phi) is 9.21. The lowest BCUT2D eigenvalue weighted by Gasteiger charge is -2.27. The van der Waals surface area contributed by atoms with Crippen LogP contribution >= 0.6 is 0 Å². The van der Waals surface area contributed by atoms with E-state index in [9.17, 15) is 9.59 Å². The van der Waals surface area contributed by atoms with Gasteiger partial charge < -0.3 is 25.3 Å². The topological polar surface area (TPSA) is 102 Å². The van der Waals surface area contributed by atoms with Crippen molar-refractivity contribution in [2.75, 3.05) is 32.8 Å². The molecule has 0 spiro atoms. The zero-order valence-corrected chi connectivity index (χ0v) is 18.7. The predicted molar refractivity (Wildman–Crippen MR) is 124 cm³/mol. The Morgan fingerprint density at radius 1 is 1.06 bits per heavy atom. The van der Waals surface area contributed by atoms with Gasteiger partial charge in [0.2, 0.25) is 5.91 Å². The van der Waals surface area contributed by atoms with Crippen molar-refractivity contribution in [1.82, 2.24) is 20.9 Å². The molecule has 1 aromatic carbocycles. The standard InChI is InChI=1S/C23H31BN4O4/c1-17(2)15-21(24-31-13-11-25-12-14-32-24)28-22(29)16-26-23(30)20-10-6-9-19(27-20)18-7-4-3-5-8-18/h3-10,17,21,25H,11-16H2,1-2H3,(H,26,30)(H,28,29). The van der Waals surface area contributed by atoms with Crippen molar-refractivity contribution in [2.24, 2.45) is 5.92 Å². The van der Waals surface area contributed by atoms with Crippen molar-refractivity contribution in [3.63, 3.8) is 0 Å². The Morgan fingerprint density at radius 3 is 2.47 bits per heavy atom. The van der Waals surface area contributed by atoms with Crippen LogP contribution in [0.25, 0.3) is 11.3 Å². The first-order valence-corrected chi connectivity index (χ1v) is 11.1. The van der Waals surface area contributed by atoms with Gasteiger partial charge >= 0.3 is 7.12 Å². The van der Waals surface area contributed by atoms with Crippen LogP contribution in [0.3, 0.4) is 0 Å². The Morgan fingerprint density at radius 2 is 1.78 bits per heavy atom. The summed E-state index contributed by atoms with van der Waals surface area (Å²) in [5.74, 6) is -0.647. The summed E-state index contributed by atoms with van der Waals surface area (Å²) >= 11 is 0. The number of amides is 2. The average molecular weight is 438 g/mol. The lowest BCUT2D eigenvalue weighted by molar-refractivity contribution is -0.120. The first-order valence-electron chi connectivity index (χ1n) is 11.1. The van der Waals surface area contributed by atoms with E-state index >= 15 is 0 Å². The van der Waals surface area contributed by atoms with Crippen molar-refractivity contribution in [3.05, 3.63) is 54.2 Å². The molecule has 0 radical (unpaired) electrons. The zero-order valence-electron chi connectivity index (χ0n) is 18.7. The maximum atomic E-state index is 12.6. The molecule has 0 bridgehead atoms. The molecule has 1 saturated heterocycles. The van der Waals surface area contributed by atoms with E-state index in [0.29, 0.717) is 31.2 Å². The Bertz CT molecular complexity index is 873. The van der Waals surface area contributed by atoms with E-state index < -0.39 is 13.0 Å². The minimum Gasteiger partial charge on any atom is -0.408 e. The molecule has 3 rings (SSSR count). The summed E-state index contributed by atoms with van der Waals surface area (Å²) in [6.45, 7) is 6.51. The van der Waals surface area contributed by atoms with Crippen molar-refractivity contribution in [1.29, 1.82) is 0 Å². The summed E-state index contributed by atoms with van der Waals surface area (Å²) in [6, 6.07) is 14.9. The SMILES string of the molecule is CC(C)CC(NC(=O)CNC(=O)c1cccc(-c2ccccc2)n1)B1OCCNCCO1. The number of carbonyl (C=O) groups excluding carboxylic acids is 2. The highest BCUT2D eigenvalue weighted by atomic mass is 16.6. The highest BCUT2D eigenvalue weighted by molar-refractivity contribution is 6.47. The van der Waals surface area contributed by atoms with Crippen molar-refractivity contribution >= 4 is 18.9 Å². The van der Waals surface area contributed by atoms with Crippen LogP contribution in [0.5, 0.6) is 0 Å².